The number of hydrogen-bond acceptors (Lipinski definition) is 11. The lowest BCUT2D eigenvalue weighted by Gasteiger charge is -2.40. The third kappa shape index (κ3) is 6.31. The van der Waals surface area contributed by atoms with Gasteiger partial charge in [-0.3, -0.25) is 9.59 Å². The van der Waals surface area contributed by atoms with Crippen LogP contribution < -0.4 is 14.8 Å². The van der Waals surface area contributed by atoms with E-state index in [4.69, 9.17) is 23.4 Å². The summed E-state index contributed by atoms with van der Waals surface area (Å²) in [6, 6.07) is 1.82. The Morgan fingerprint density at radius 2 is 1.85 bits per heavy atom. The number of aliphatic hydroxyl groups excluding tert-OH is 4. The van der Waals surface area contributed by atoms with Gasteiger partial charge in [-0.2, -0.15) is 0 Å². The summed E-state index contributed by atoms with van der Waals surface area (Å²) in [5.41, 5.74) is 1.77. The highest BCUT2D eigenvalue weighted by Gasteiger charge is 2.45. The van der Waals surface area contributed by atoms with E-state index in [1.807, 2.05) is 6.07 Å². The molecule has 1 aliphatic carbocycles. The molecule has 12 nitrogen and oxygen atoms in total. The van der Waals surface area contributed by atoms with Gasteiger partial charge in [0.1, 0.15) is 24.4 Å². The summed E-state index contributed by atoms with van der Waals surface area (Å²) in [4.78, 5) is 24.3. The number of aliphatic hydroxyl groups is 4. The van der Waals surface area contributed by atoms with Crippen molar-refractivity contribution in [1.29, 1.82) is 0 Å². The number of benzene rings is 1. The van der Waals surface area contributed by atoms with Crippen molar-refractivity contribution in [3.8, 4) is 11.5 Å². The Hall–Kier alpha value is -2.90. The van der Waals surface area contributed by atoms with Crippen molar-refractivity contribution in [2.75, 3.05) is 19.8 Å². The van der Waals surface area contributed by atoms with Crippen molar-refractivity contribution >= 4 is 22.8 Å². The van der Waals surface area contributed by atoms with Gasteiger partial charge in [0.05, 0.1) is 25.6 Å². The normalized spacial score (nSPS) is 29.0. The summed E-state index contributed by atoms with van der Waals surface area (Å²) >= 11 is 0. The lowest BCUT2D eigenvalue weighted by Crippen LogP contribution is -2.60. The number of hydrogen-bond donors (Lipinski definition) is 5. The molecule has 0 bridgehead atoms. The fourth-order valence-corrected chi connectivity index (χ4v) is 5.86. The number of carbonyl (C=O) groups is 2. The molecule has 5 rings (SSSR count). The molecule has 0 spiro atoms. The monoisotopic (exact) mass is 577 g/mol. The predicted molar refractivity (Wildman–Crippen MR) is 143 cm³/mol. The maximum Gasteiger partial charge on any atom is 0.306 e. The van der Waals surface area contributed by atoms with Crippen LogP contribution in [0.1, 0.15) is 68.9 Å². The summed E-state index contributed by atoms with van der Waals surface area (Å²) in [7, 11) is 0. The van der Waals surface area contributed by atoms with Crippen LogP contribution in [0.3, 0.4) is 0 Å². The summed E-state index contributed by atoms with van der Waals surface area (Å²) in [6.07, 6.45) is -0.709. The Morgan fingerprint density at radius 1 is 1.07 bits per heavy atom. The van der Waals surface area contributed by atoms with Crippen molar-refractivity contribution in [2.24, 2.45) is 0 Å². The number of ether oxygens (including phenoxy) is 4. The first-order valence-electron chi connectivity index (χ1n) is 14.4. The van der Waals surface area contributed by atoms with Gasteiger partial charge in [-0.05, 0) is 50.7 Å². The van der Waals surface area contributed by atoms with Crippen LogP contribution in [0.15, 0.2) is 16.7 Å². The van der Waals surface area contributed by atoms with E-state index in [9.17, 15) is 30.0 Å². The van der Waals surface area contributed by atoms with Gasteiger partial charge in [-0.1, -0.05) is 6.42 Å². The molecule has 1 saturated carbocycles. The number of furan rings is 1. The predicted octanol–water partition coefficient (Wildman–Crippen LogP) is 1.42. The fourth-order valence-electron chi connectivity index (χ4n) is 5.86. The minimum Gasteiger partial charge on any atom is -0.483 e. The number of nitrogens with one attached hydrogen (secondary N) is 1. The highest BCUT2D eigenvalue weighted by Crippen LogP contribution is 2.46. The number of fused-ring (bicyclic) bond motifs is 1. The fraction of sp³-hybridized carbons (Fsp3) is 0.655. The highest BCUT2D eigenvalue weighted by molar-refractivity contribution is 5.92. The van der Waals surface area contributed by atoms with Crippen LogP contribution in [-0.4, -0.2) is 88.9 Å². The Labute approximate surface area is 237 Å². The molecule has 2 aromatic rings. The zero-order valence-corrected chi connectivity index (χ0v) is 23.1. The second kappa shape index (κ2) is 13.0. The molecule has 41 heavy (non-hydrogen) atoms. The molecule has 0 radical (unpaired) electrons. The standard InChI is InChI=1S/C29H39NO11/c1-2-37-22(33)9-8-15-10-18-19(16-11-21(32)30-12-16)14-38-27(18)28(39-17-6-4-3-5-7-17)26(15)41-29-25(36)24(35)23(34)20(13-31)40-29/h10,14,16-17,20,23-25,29,31,34-36H,2-9,11-13H2,1H3,(H,30,32)/t16-,20+,23+,24-,25+,29-/m0/s1. The molecule has 3 heterocycles. The zero-order chi connectivity index (χ0) is 29.1. The van der Waals surface area contributed by atoms with Crippen molar-refractivity contribution in [1.82, 2.24) is 5.32 Å². The third-order valence-corrected chi connectivity index (χ3v) is 8.12. The number of amides is 1. The van der Waals surface area contributed by atoms with Crippen LogP contribution in [0.4, 0.5) is 0 Å². The second-order valence-electron chi connectivity index (χ2n) is 11.0. The molecule has 1 aromatic heterocycles. The van der Waals surface area contributed by atoms with E-state index in [1.165, 1.54) is 0 Å². The van der Waals surface area contributed by atoms with Crippen LogP contribution in [0.5, 0.6) is 11.5 Å². The van der Waals surface area contributed by atoms with E-state index in [1.54, 1.807) is 13.2 Å². The number of rotatable bonds is 10. The Balaban J connectivity index is 1.59. The molecule has 1 amide bonds. The Bertz CT molecular complexity index is 1220. The van der Waals surface area contributed by atoms with E-state index in [0.29, 0.717) is 24.1 Å². The lowest BCUT2D eigenvalue weighted by molar-refractivity contribution is -0.277. The second-order valence-corrected chi connectivity index (χ2v) is 11.0. The van der Waals surface area contributed by atoms with E-state index in [2.05, 4.69) is 5.32 Å². The molecule has 226 valence electrons. The van der Waals surface area contributed by atoms with Crippen molar-refractivity contribution in [2.45, 2.75) is 101 Å². The average Bonchev–Trinajstić information content (AvgIpc) is 3.59. The summed E-state index contributed by atoms with van der Waals surface area (Å²) < 4.78 is 29.6. The smallest absolute Gasteiger partial charge is 0.306 e. The van der Waals surface area contributed by atoms with Gasteiger partial charge >= 0.3 is 5.97 Å². The summed E-state index contributed by atoms with van der Waals surface area (Å²) in [6.45, 7) is 1.81. The van der Waals surface area contributed by atoms with Crippen LogP contribution in [0, 0.1) is 0 Å². The maximum atomic E-state index is 12.3. The Morgan fingerprint density at radius 3 is 2.54 bits per heavy atom. The molecular weight excluding hydrogens is 538 g/mol. The van der Waals surface area contributed by atoms with E-state index < -0.39 is 43.3 Å². The molecule has 6 atom stereocenters. The number of aryl methyl sites for hydroxylation is 1. The first kappa shape index (κ1) is 29.6. The van der Waals surface area contributed by atoms with Crippen LogP contribution in [0.2, 0.25) is 0 Å². The average molecular weight is 578 g/mol. The molecule has 0 unspecified atom stereocenters. The molecular formula is C29H39NO11. The minimum atomic E-state index is -1.65. The van der Waals surface area contributed by atoms with Gasteiger partial charge in [0, 0.05) is 36.3 Å². The topological polar surface area (TPSA) is 177 Å². The first-order valence-corrected chi connectivity index (χ1v) is 14.4. The van der Waals surface area contributed by atoms with Gasteiger partial charge in [-0.25, -0.2) is 0 Å². The molecule has 5 N–H and O–H groups in total. The first-order chi connectivity index (χ1) is 19.8. The third-order valence-electron chi connectivity index (χ3n) is 8.12. The van der Waals surface area contributed by atoms with Crippen LogP contribution in [0.25, 0.3) is 11.0 Å². The van der Waals surface area contributed by atoms with Gasteiger partial charge in [0.25, 0.3) is 0 Å². The lowest BCUT2D eigenvalue weighted by atomic mass is 9.94. The van der Waals surface area contributed by atoms with Gasteiger partial charge in [-0.15, -0.1) is 0 Å². The summed E-state index contributed by atoms with van der Waals surface area (Å²) in [5.74, 6) is -0.124. The van der Waals surface area contributed by atoms with Crippen LogP contribution in [-0.2, 0) is 25.5 Å². The molecule has 3 aliphatic rings. The van der Waals surface area contributed by atoms with E-state index in [-0.39, 0.29) is 48.9 Å². The quantitative estimate of drug-likeness (QED) is 0.258. The maximum absolute atomic E-state index is 12.3. The molecule has 12 heteroatoms. The largest absolute Gasteiger partial charge is 0.483 e. The number of carbonyl (C=O) groups excluding carboxylic acids is 2. The van der Waals surface area contributed by atoms with Crippen molar-refractivity contribution < 1.29 is 53.4 Å². The SMILES string of the molecule is CCOC(=O)CCc1cc2c([C@@H]3CNC(=O)C3)coc2c(OC2CCCCC2)c1O[C@@H]1O[C@H](CO)[C@@H](O)[C@H](O)[C@H]1O. The molecule has 2 aliphatic heterocycles. The van der Waals surface area contributed by atoms with E-state index in [0.717, 1.165) is 43.1 Å². The zero-order valence-electron chi connectivity index (χ0n) is 23.1. The van der Waals surface area contributed by atoms with Gasteiger partial charge < -0.3 is 49.1 Å². The molecule has 3 fully saturated rings. The Kier molecular flexibility index (Phi) is 9.35. The van der Waals surface area contributed by atoms with Crippen molar-refractivity contribution in [3.63, 3.8) is 0 Å². The minimum absolute atomic E-state index is 0.0317. The molecule has 1 aromatic carbocycles. The molecule has 2 saturated heterocycles. The number of esters is 1. The highest BCUT2D eigenvalue weighted by atomic mass is 16.7. The summed E-state index contributed by atoms with van der Waals surface area (Å²) in [5, 5.41) is 44.6. The van der Waals surface area contributed by atoms with Crippen LogP contribution >= 0.6 is 0 Å². The van der Waals surface area contributed by atoms with Gasteiger partial charge in [0.15, 0.2) is 11.3 Å². The van der Waals surface area contributed by atoms with Crippen molar-refractivity contribution in [3.05, 3.63) is 23.5 Å². The van der Waals surface area contributed by atoms with Gasteiger partial charge in [0.2, 0.25) is 17.9 Å². The van der Waals surface area contributed by atoms with E-state index >= 15 is 0 Å².